The Morgan fingerprint density at radius 3 is 2.90 bits per heavy atom. The van der Waals surface area contributed by atoms with Crippen LogP contribution in [0.5, 0.6) is 5.75 Å². The molecule has 2 rings (SSSR count). The highest BCUT2D eigenvalue weighted by Gasteiger charge is 2.27. The molecule has 0 aliphatic carbocycles. The minimum Gasteiger partial charge on any atom is -0.497 e. The molecular formula is C13H15N3O4. The SMILES string of the molecule is COc1cccc(C(=O)NCCN2C(=O)CNC2=O)c1. The number of carbonyl (C=O) groups excluding carboxylic acids is 3. The standard InChI is InChI=1S/C13H15N3O4/c1-20-10-4-2-3-9(7-10)12(18)14-5-6-16-11(17)8-15-13(16)19/h2-4,7H,5-6,8H2,1H3,(H,14,18)(H,15,19). The van der Waals surface area contributed by atoms with Crippen molar-refractivity contribution >= 4 is 17.8 Å². The Morgan fingerprint density at radius 2 is 2.25 bits per heavy atom. The zero-order valence-electron chi connectivity index (χ0n) is 11.0. The molecule has 0 aromatic heterocycles. The predicted octanol–water partition coefficient (Wildman–Crippen LogP) is -0.0232. The molecule has 1 heterocycles. The predicted molar refractivity (Wildman–Crippen MR) is 70.4 cm³/mol. The first kappa shape index (κ1) is 13.9. The molecule has 0 atom stereocenters. The van der Waals surface area contributed by atoms with Gasteiger partial charge in [-0.15, -0.1) is 0 Å². The summed E-state index contributed by atoms with van der Waals surface area (Å²) in [7, 11) is 1.52. The van der Waals surface area contributed by atoms with Gasteiger partial charge >= 0.3 is 6.03 Å². The van der Waals surface area contributed by atoms with E-state index in [1.54, 1.807) is 24.3 Å². The Morgan fingerprint density at radius 1 is 1.45 bits per heavy atom. The number of methoxy groups -OCH3 is 1. The van der Waals surface area contributed by atoms with Crippen LogP contribution in [0.2, 0.25) is 0 Å². The van der Waals surface area contributed by atoms with Crippen LogP contribution in [-0.2, 0) is 4.79 Å². The first-order chi connectivity index (χ1) is 9.61. The van der Waals surface area contributed by atoms with Crippen molar-refractivity contribution < 1.29 is 19.1 Å². The summed E-state index contributed by atoms with van der Waals surface area (Å²) in [5.74, 6) is 0.0216. The summed E-state index contributed by atoms with van der Waals surface area (Å²) < 4.78 is 5.03. The van der Waals surface area contributed by atoms with Crippen LogP contribution in [0, 0.1) is 0 Å². The second-order valence-electron chi connectivity index (χ2n) is 4.19. The van der Waals surface area contributed by atoms with Gasteiger partial charge in [0.2, 0.25) is 5.91 Å². The molecule has 1 aliphatic rings. The van der Waals surface area contributed by atoms with E-state index in [-0.39, 0.29) is 31.4 Å². The van der Waals surface area contributed by atoms with Crippen molar-refractivity contribution in [2.45, 2.75) is 0 Å². The van der Waals surface area contributed by atoms with Crippen LogP contribution in [0.3, 0.4) is 0 Å². The van der Waals surface area contributed by atoms with Crippen molar-refractivity contribution in [3.8, 4) is 5.75 Å². The first-order valence-electron chi connectivity index (χ1n) is 6.12. The fraction of sp³-hybridized carbons (Fsp3) is 0.308. The van der Waals surface area contributed by atoms with Crippen molar-refractivity contribution in [3.63, 3.8) is 0 Å². The lowest BCUT2D eigenvalue weighted by atomic mass is 10.2. The topological polar surface area (TPSA) is 87.7 Å². The first-order valence-corrected chi connectivity index (χ1v) is 6.12. The third-order valence-electron chi connectivity index (χ3n) is 2.89. The summed E-state index contributed by atoms with van der Waals surface area (Å²) in [6.07, 6.45) is 0. The van der Waals surface area contributed by atoms with Crippen LogP contribution in [-0.4, -0.2) is 49.5 Å². The lowest BCUT2D eigenvalue weighted by Gasteiger charge is -2.12. The molecule has 7 nitrogen and oxygen atoms in total. The molecule has 1 aliphatic heterocycles. The molecule has 7 heteroatoms. The minimum absolute atomic E-state index is 0.0165. The van der Waals surface area contributed by atoms with Crippen LogP contribution in [0.1, 0.15) is 10.4 Å². The lowest BCUT2D eigenvalue weighted by molar-refractivity contribution is -0.124. The summed E-state index contributed by atoms with van der Waals surface area (Å²) in [5.41, 5.74) is 0.460. The molecule has 20 heavy (non-hydrogen) atoms. The molecule has 0 saturated carbocycles. The van der Waals surface area contributed by atoms with E-state index in [9.17, 15) is 14.4 Å². The number of urea groups is 1. The van der Waals surface area contributed by atoms with Gasteiger partial charge in [-0.2, -0.15) is 0 Å². The maximum absolute atomic E-state index is 11.9. The highest BCUT2D eigenvalue weighted by molar-refractivity contribution is 6.02. The third-order valence-corrected chi connectivity index (χ3v) is 2.89. The van der Waals surface area contributed by atoms with Crippen LogP contribution in [0.15, 0.2) is 24.3 Å². The normalized spacial score (nSPS) is 14.2. The van der Waals surface area contributed by atoms with E-state index in [1.807, 2.05) is 0 Å². The fourth-order valence-electron chi connectivity index (χ4n) is 1.83. The molecule has 0 spiro atoms. The Labute approximate surface area is 115 Å². The van der Waals surface area contributed by atoms with Gasteiger partial charge in [-0.1, -0.05) is 6.07 Å². The second-order valence-corrected chi connectivity index (χ2v) is 4.19. The average molecular weight is 277 g/mol. The number of benzene rings is 1. The van der Waals surface area contributed by atoms with E-state index in [1.165, 1.54) is 7.11 Å². The molecule has 2 N–H and O–H groups in total. The van der Waals surface area contributed by atoms with E-state index >= 15 is 0 Å². The quantitative estimate of drug-likeness (QED) is 0.740. The van der Waals surface area contributed by atoms with Gasteiger partial charge in [0.05, 0.1) is 13.7 Å². The Kier molecular flexibility index (Phi) is 4.19. The Balaban J connectivity index is 1.86. The summed E-state index contributed by atoms with van der Waals surface area (Å²) in [5, 5.41) is 5.06. The second kappa shape index (κ2) is 6.05. The summed E-state index contributed by atoms with van der Waals surface area (Å²) in [6.45, 7) is 0.373. The molecule has 1 aromatic rings. The number of amides is 4. The number of imide groups is 1. The largest absolute Gasteiger partial charge is 0.497 e. The lowest BCUT2D eigenvalue weighted by Crippen LogP contribution is -2.38. The van der Waals surface area contributed by atoms with Gasteiger partial charge in [-0.05, 0) is 18.2 Å². The molecule has 0 radical (unpaired) electrons. The summed E-state index contributed by atoms with van der Waals surface area (Å²) in [4.78, 5) is 35.6. The number of nitrogens with one attached hydrogen (secondary N) is 2. The number of nitrogens with zero attached hydrogens (tertiary/aromatic N) is 1. The van der Waals surface area contributed by atoms with Gasteiger partial charge in [0.1, 0.15) is 5.75 Å². The highest BCUT2D eigenvalue weighted by Crippen LogP contribution is 2.12. The van der Waals surface area contributed by atoms with Crippen LogP contribution >= 0.6 is 0 Å². The van der Waals surface area contributed by atoms with Crippen molar-refractivity contribution in [2.24, 2.45) is 0 Å². The molecular weight excluding hydrogens is 262 g/mol. The summed E-state index contributed by atoms with van der Waals surface area (Å²) in [6, 6.07) is 6.30. The van der Waals surface area contributed by atoms with Gasteiger partial charge in [-0.3, -0.25) is 14.5 Å². The van der Waals surface area contributed by atoms with E-state index < -0.39 is 6.03 Å². The molecule has 0 bridgehead atoms. The molecule has 106 valence electrons. The molecule has 1 fully saturated rings. The zero-order valence-corrected chi connectivity index (χ0v) is 11.0. The Hall–Kier alpha value is -2.57. The molecule has 1 aromatic carbocycles. The van der Waals surface area contributed by atoms with Crippen LogP contribution in [0.4, 0.5) is 4.79 Å². The highest BCUT2D eigenvalue weighted by atomic mass is 16.5. The monoisotopic (exact) mass is 277 g/mol. The van der Waals surface area contributed by atoms with Crippen molar-refractivity contribution in [2.75, 3.05) is 26.7 Å². The minimum atomic E-state index is -0.425. The summed E-state index contributed by atoms with van der Waals surface area (Å²) >= 11 is 0. The maximum Gasteiger partial charge on any atom is 0.324 e. The zero-order chi connectivity index (χ0) is 14.5. The van der Waals surface area contributed by atoms with Gasteiger partial charge in [0.15, 0.2) is 0 Å². The van der Waals surface area contributed by atoms with Crippen molar-refractivity contribution in [3.05, 3.63) is 29.8 Å². The Bertz CT molecular complexity index is 528. The third kappa shape index (κ3) is 3.05. The molecule has 1 saturated heterocycles. The van der Waals surface area contributed by atoms with Gasteiger partial charge in [0, 0.05) is 18.7 Å². The maximum atomic E-state index is 11.9. The van der Waals surface area contributed by atoms with E-state index in [0.29, 0.717) is 11.3 Å². The van der Waals surface area contributed by atoms with Crippen LogP contribution < -0.4 is 15.4 Å². The van der Waals surface area contributed by atoms with Gasteiger partial charge < -0.3 is 15.4 Å². The smallest absolute Gasteiger partial charge is 0.324 e. The van der Waals surface area contributed by atoms with E-state index in [0.717, 1.165) is 4.90 Å². The van der Waals surface area contributed by atoms with E-state index in [2.05, 4.69) is 10.6 Å². The number of ether oxygens (including phenoxy) is 1. The van der Waals surface area contributed by atoms with Crippen LogP contribution in [0.25, 0.3) is 0 Å². The number of hydrogen-bond donors (Lipinski definition) is 2. The number of hydrogen-bond acceptors (Lipinski definition) is 4. The molecule has 0 unspecified atom stereocenters. The molecule has 4 amide bonds. The van der Waals surface area contributed by atoms with Gasteiger partial charge in [0.25, 0.3) is 5.91 Å². The fourth-order valence-corrected chi connectivity index (χ4v) is 1.83. The van der Waals surface area contributed by atoms with Crippen molar-refractivity contribution in [1.82, 2.24) is 15.5 Å². The van der Waals surface area contributed by atoms with E-state index in [4.69, 9.17) is 4.74 Å². The average Bonchev–Trinajstić information content (AvgIpc) is 2.79. The number of rotatable bonds is 5. The van der Waals surface area contributed by atoms with Crippen molar-refractivity contribution in [1.29, 1.82) is 0 Å². The number of carbonyl (C=O) groups is 3. The van der Waals surface area contributed by atoms with Gasteiger partial charge in [-0.25, -0.2) is 4.79 Å².